The number of aromatic nitrogens is 6. The van der Waals surface area contributed by atoms with Crippen LogP contribution in [0.3, 0.4) is 0 Å². The van der Waals surface area contributed by atoms with Crippen LogP contribution >= 0.6 is 11.6 Å². The molecular formula is C16H9ClN6. The number of nitrogens with zero attached hydrogens (tertiary/aromatic N) is 5. The highest BCUT2D eigenvalue weighted by atomic mass is 35.5. The van der Waals surface area contributed by atoms with Gasteiger partial charge in [-0.3, -0.25) is 0 Å². The van der Waals surface area contributed by atoms with Crippen LogP contribution < -0.4 is 0 Å². The minimum atomic E-state index is 0.652. The van der Waals surface area contributed by atoms with Crippen LogP contribution in [0.1, 0.15) is 0 Å². The third kappa shape index (κ3) is 1.82. The molecule has 0 atom stereocenters. The topological polar surface area (TPSA) is 71.8 Å². The van der Waals surface area contributed by atoms with Gasteiger partial charge in [-0.05, 0) is 46.8 Å². The second kappa shape index (κ2) is 4.50. The van der Waals surface area contributed by atoms with E-state index in [9.17, 15) is 0 Å². The van der Waals surface area contributed by atoms with Crippen LogP contribution in [-0.4, -0.2) is 30.0 Å². The molecule has 6 nitrogen and oxygen atoms in total. The maximum atomic E-state index is 6.12. The Morgan fingerprint density at radius 2 is 1.96 bits per heavy atom. The van der Waals surface area contributed by atoms with E-state index in [4.69, 9.17) is 11.6 Å². The molecule has 0 spiro atoms. The predicted molar refractivity (Wildman–Crippen MR) is 88.4 cm³/mol. The fraction of sp³-hybridized carbons (Fsp3) is 0. The van der Waals surface area contributed by atoms with Crippen LogP contribution in [0.15, 0.2) is 48.5 Å². The van der Waals surface area contributed by atoms with Gasteiger partial charge in [0.15, 0.2) is 5.65 Å². The van der Waals surface area contributed by atoms with Gasteiger partial charge in [-0.15, -0.1) is 5.10 Å². The third-order valence-corrected chi connectivity index (χ3v) is 4.11. The average Bonchev–Trinajstić information content (AvgIpc) is 3.20. The number of benzene rings is 2. The molecule has 0 saturated carbocycles. The Bertz CT molecular complexity index is 1160. The SMILES string of the molecule is Clc1ccc2c(c1)cc(-c1nc3ccccc3[nH]1)c1nnnn12. The number of aromatic amines is 1. The van der Waals surface area contributed by atoms with E-state index in [1.807, 2.05) is 48.5 Å². The third-order valence-electron chi connectivity index (χ3n) is 3.87. The van der Waals surface area contributed by atoms with E-state index in [2.05, 4.69) is 25.5 Å². The molecule has 0 fully saturated rings. The lowest BCUT2D eigenvalue weighted by Crippen LogP contribution is -1.94. The number of tetrazole rings is 1. The van der Waals surface area contributed by atoms with Gasteiger partial charge in [0.25, 0.3) is 0 Å². The first-order chi connectivity index (χ1) is 11.3. The molecule has 0 bridgehead atoms. The lowest BCUT2D eigenvalue weighted by atomic mass is 10.1. The van der Waals surface area contributed by atoms with Crippen LogP contribution in [-0.2, 0) is 0 Å². The molecule has 0 unspecified atom stereocenters. The number of H-pyrrole nitrogens is 1. The fourth-order valence-electron chi connectivity index (χ4n) is 2.83. The van der Waals surface area contributed by atoms with Gasteiger partial charge in [0.05, 0.1) is 22.1 Å². The van der Waals surface area contributed by atoms with Gasteiger partial charge in [-0.1, -0.05) is 23.7 Å². The van der Waals surface area contributed by atoms with Crippen molar-refractivity contribution in [1.29, 1.82) is 0 Å². The minimum Gasteiger partial charge on any atom is -0.338 e. The number of fused-ring (bicyclic) bond motifs is 4. The van der Waals surface area contributed by atoms with E-state index < -0.39 is 0 Å². The maximum absolute atomic E-state index is 6.12. The van der Waals surface area contributed by atoms with Gasteiger partial charge in [-0.25, -0.2) is 4.98 Å². The normalized spacial score (nSPS) is 11.7. The lowest BCUT2D eigenvalue weighted by Gasteiger charge is -2.04. The van der Waals surface area contributed by atoms with Crippen molar-refractivity contribution in [3.8, 4) is 11.4 Å². The Hall–Kier alpha value is -2.99. The van der Waals surface area contributed by atoms with Crippen molar-refractivity contribution in [2.45, 2.75) is 0 Å². The number of hydrogen-bond donors (Lipinski definition) is 1. The summed E-state index contributed by atoms with van der Waals surface area (Å²) in [6.45, 7) is 0. The summed E-state index contributed by atoms with van der Waals surface area (Å²) in [5, 5.41) is 13.7. The molecule has 0 aliphatic heterocycles. The zero-order chi connectivity index (χ0) is 15.4. The van der Waals surface area contributed by atoms with E-state index in [0.29, 0.717) is 10.7 Å². The molecule has 0 radical (unpaired) electrons. The first-order valence-electron chi connectivity index (χ1n) is 7.05. The summed E-state index contributed by atoms with van der Waals surface area (Å²) in [6, 6.07) is 15.5. The maximum Gasteiger partial charge on any atom is 0.190 e. The van der Waals surface area contributed by atoms with Crippen molar-refractivity contribution in [2.24, 2.45) is 0 Å². The summed E-state index contributed by atoms with van der Waals surface area (Å²) in [7, 11) is 0. The number of pyridine rings is 1. The quantitative estimate of drug-likeness (QED) is 0.513. The first-order valence-corrected chi connectivity index (χ1v) is 7.43. The Balaban J connectivity index is 1.90. The molecule has 0 amide bonds. The number of para-hydroxylation sites is 2. The summed E-state index contributed by atoms with van der Waals surface area (Å²) in [5.74, 6) is 0.730. The predicted octanol–water partition coefficient (Wildman–Crippen LogP) is 3.47. The molecular weight excluding hydrogens is 312 g/mol. The Kier molecular flexibility index (Phi) is 2.46. The van der Waals surface area contributed by atoms with E-state index in [1.165, 1.54) is 0 Å². The molecule has 110 valence electrons. The number of nitrogens with one attached hydrogen (secondary N) is 1. The van der Waals surface area contributed by atoms with Gasteiger partial charge in [0, 0.05) is 10.4 Å². The highest BCUT2D eigenvalue weighted by molar-refractivity contribution is 6.31. The smallest absolute Gasteiger partial charge is 0.190 e. The van der Waals surface area contributed by atoms with E-state index >= 15 is 0 Å². The van der Waals surface area contributed by atoms with Crippen molar-refractivity contribution in [3.63, 3.8) is 0 Å². The van der Waals surface area contributed by atoms with Crippen molar-refractivity contribution in [2.75, 3.05) is 0 Å². The number of rotatable bonds is 1. The lowest BCUT2D eigenvalue weighted by molar-refractivity contribution is 0.842. The van der Waals surface area contributed by atoms with Crippen LogP contribution in [0.25, 0.3) is 39.0 Å². The van der Waals surface area contributed by atoms with Crippen LogP contribution in [0, 0.1) is 0 Å². The minimum absolute atomic E-state index is 0.652. The number of halogens is 1. The molecule has 5 rings (SSSR count). The van der Waals surface area contributed by atoms with Crippen molar-refractivity contribution < 1.29 is 0 Å². The summed E-state index contributed by atoms with van der Waals surface area (Å²) >= 11 is 6.12. The highest BCUT2D eigenvalue weighted by Gasteiger charge is 2.14. The van der Waals surface area contributed by atoms with Gasteiger partial charge in [0.1, 0.15) is 5.82 Å². The van der Waals surface area contributed by atoms with E-state index in [0.717, 1.165) is 33.3 Å². The molecule has 1 N–H and O–H groups in total. The number of imidazole rings is 1. The molecule has 0 aliphatic rings. The van der Waals surface area contributed by atoms with Crippen molar-refractivity contribution in [1.82, 2.24) is 30.0 Å². The average molecular weight is 321 g/mol. The molecule has 2 aromatic carbocycles. The monoisotopic (exact) mass is 320 g/mol. The summed E-state index contributed by atoms with van der Waals surface area (Å²) in [4.78, 5) is 7.96. The second-order valence-corrected chi connectivity index (χ2v) is 5.71. The molecule has 3 aromatic heterocycles. The zero-order valence-corrected chi connectivity index (χ0v) is 12.5. The fourth-order valence-corrected chi connectivity index (χ4v) is 3.01. The van der Waals surface area contributed by atoms with Gasteiger partial charge in [0.2, 0.25) is 0 Å². The second-order valence-electron chi connectivity index (χ2n) is 5.28. The molecule has 23 heavy (non-hydrogen) atoms. The first kappa shape index (κ1) is 12.5. The largest absolute Gasteiger partial charge is 0.338 e. The summed E-state index contributed by atoms with van der Waals surface area (Å²) < 4.78 is 1.70. The van der Waals surface area contributed by atoms with Crippen molar-refractivity contribution in [3.05, 3.63) is 53.6 Å². The van der Waals surface area contributed by atoms with Crippen LogP contribution in [0.5, 0.6) is 0 Å². The van der Waals surface area contributed by atoms with Gasteiger partial charge in [-0.2, -0.15) is 4.52 Å². The molecule has 3 heterocycles. The summed E-state index contributed by atoms with van der Waals surface area (Å²) in [6.07, 6.45) is 0. The van der Waals surface area contributed by atoms with Crippen molar-refractivity contribution >= 4 is 39.2 Å². The van der Waals surface area contributed by atoms with Gasteiger partial charge >= 0.3 is 0 Å². The van der Waals surface area contributed by atoms with E-state index in [1.54, 1.807) is 4.52 Å². The molecule has 0 aliphatic carbocycles. The highest BCUT2D eigenvalue weighted by Crippen LogP contribution is 2.29. The Labute approximate surface area is 134 Å². The molecule has 0 saturated heterocycles. The van der Waals surface area contributed by atoms with Crippen LogP contribution in [0.4, 0.5) is 0 Å². The zero-order valence-electron chi connectivity index (χ0n) is 11.7. The summed E-state index contributed by atoms with van der Waals surface area (Å²) in [5.41, 5.74) is 4.26. The van der Waals surface area contributed by atoms with E-state index in [-0.39, 0.29) is 0 Å². The number of hydrogen-bond acceptors (Lipinski definition) is 4. The Morgan fingerprint density at radius 3 is 2.87 bits per heavy atom. The molecule has 5 aromatic rings. The van der Waals surface area contributed by atoms with Crippen LogP contribution in [0.2, 0.25) is 5.02 Å². The van der Waals surface area contributed by atoms with Gasteiger partial charge < -0.3 is 4.98 Å². The molecule has 7 heteroatoms. The Morgan fingerprint density at radius 1 is 1.04 bits per heavy atom. The standard InChI is InChI=1S/C16H9ClN6/c17-10-5-6-14-9(7-10)8-11(16-20-21-22-23(14)16)15-18-12-3-1-2-4-13(12)19-15/h1-8H,(H,18,19).